The van der Waals surface area contributed by atoms with Gasteiger partial charge in [0.1, 0.15) is 22.4 Å². The summed E-state index contributed by atoms with van der Waals surface area (Å²) in [6.45, 7) is 4.14. The number of nitrogens with zero attached hydrogens (tertiary/aromatic N) is 3. The molecule has 1 atom stereocenters. The van der Waals surface area contributed by atoms with Crippen molar-refractivity contribution in [1.82, 2.24) is 14.8 Å². The second-order valence-corrected chi connectivity index (χ2v) is 8.84. The van der Waals surface area contributed by atoms with Gasteiger partial charge < -0.3 is 5.32 Å². The predicted molar refractivity (Wildman–Crippen MR) is 119 cm³/mol. The average Bonchev–Trinajstić information content (AvgIpc) is 3.08. The van der Waals surface area contributed by atoms with E-state index in [2.05, 4.69) is 38.0 Å². The number of halogens is 2. The highest BCUT2D eigenvalue weighted by Gasteiger charge is 2.20. The van der Waals surface area contributed by atoms with Crippen LogP contribution in [0.25, 0.3) is 0 Å². The summed E-state index contributed by atoms with van der Waals surface area (Å²) in [7, 11) is -1.65. The standard InChI is InChI=1S/C20H18BrClN4O2S/c1-2-11-26-18(12-14-3-7-16(22)8-4-14)24-25-20(26)29(28)13-19(27)23-17-9-5-15(21)6-10-17/h2-10H,1,11-13H2,(H,23,27). The number of aromatic nitrogens is 3. The van der Waals surface area contributed by atoms with E-state index in [1.807, 2.05) is 24.3 Å². The van der Waals surface area contributed by atoms with Gasteiger partial charge in [0, 0.05) is 28.1 Å². The molecule has 0 spiro atoms. The molecule has 0 aliphatic carbocycles. The third-order valence-corrected chi connectivity index (χ3v) is 5.99. The van der Waals surface area contributed by atoms with Crippen LogP contribution in [0.1, 0.15) is 11.4 Å². The number of amides is 1. The van der Waals surface area contributed by atoms with E-state index in [9.17, 15) is 9.00 Å². The molecule has 1 N–H and O–H groups in total. The fraction of sp³-hybridized carbons (Fsp3) is 0.150. The largest absolute Gasteiger partial charge is 0.325 e. The zero-order valence-corrected chi connectivity index (χ0v) is 18.5. The fourth-order valence-corrected chi connectivity index (χ4v) is 4.02. The Balaban J connectivity index is 1.73. The van der Waals surface area contributed by atoms with Crippen LogP contribution in [0.15, 0.2) is 70.8 Å². The number of nitrogens with one attached hydrogen (secondary N) is 1. The maximum atomic E-state index is 12.8. The lowest BCUT2D eigenvalue weighted by atomic mass is 10.1. The first-order chi connectivity index (χ1) is 14.0. The highest BCUT2D eigenvalue weighted by Crippen LogP contribution is 2.16. The normalized spacial score (nSPS) is 11.8. The van der Waals surface area contributed by atoms with E-state index >= 15 is 0 Å². The second kappa shape index (κ2) is 9.96. The van der Waals surface area contributed by atoms with Crippen LogP contribution in [0.3, 0.4) is 0 Å². The van der Waals surface area contributed by atoms with Crippen molar-refractivity contribution < 1.29 is 9.00 Å². The first-order valence-electron chi connectivity index (χ1n) is 8.67. The van der Waals surface area contributed by atoms with Crippen LogP contribution in [0.4, 0.5) is 5.69 Å². The van der Waals surface area contributed by atoms with E-state index in [-0.39, 0.29) is 16.8 Å². The molecular weight excluding hydrogens is 476 g/mol. The first kappa shape index (κ1) is 21.4. The van der Waals surface area contributed by atoms with Gasteiger partial charge in [-0.2, -0.15) is 0 Å². The molecule has 1 aromatic heterocycles. The van der Waals surface area contributed by atoms with E-state index in [0.717, 1.165) is 10.0 Å². The van der Waals surface area contributed by atoms with Crippen molar-refractivity contribution >= 4 is 49.9 Å². The number of anilines is 1. The highest BCUT2D eigenvalue weighted by molar-refractivity contribution is 9.10. The summed E-state index contributed by atoms with van der Waals surface area (Å²) in [6, 6.07) is 14.6. The highest BCUT2D eigenvalue weighted by atomic mass is 79.9. The van der Waals surface area contributed by atoms with E-state index in [1.165, 1.54) is 0 Å². The summed E-state index contributed by atoms with van der Waals surface area (Å²) in [5.74, 6) is 0.0636. The molecule has 1 unspecified atom stereocenters. The number of carbonyl (C=O) groups excluding carboxylic acids is 1. The lowest BCUT2D eigenvalue weighted by molar-refractivity contribution is -0.113. The summed E-state index contributed by atoms with van der Waals surface area (Å²) in [5.41, 5.74) is 1.63. The topological polar surface area (TPSA) is 76.9 Å². The molecule has 0 saturated carbocycles. The van der Waals surface area contributed by atoms with E-state index in [0.29, 0.717) is 29.5 Å². The number of carbonyl (C=O) groups is 1. The van der Waals surface area contributed by atoms with E-state index < -0.39 is 10.8 Å². The zero-order chi connectivity index (χ0) is 20.8. The Morgan fingerprint density at radius 1 is 1.17 bits per heavy atom. The lowest BCUT2D eigenvalue weighted by Gasteiger charge is -2.09. The minimum atomic E-state index is -1.65. The Kier molecular flexibility index (Phi) is 7.35. The Bertz CT molecular complexity index is 1040. The third kappa shape index (κ3) is 5.85. The smallest absolute Gasteiger partial charge is 0.237 e. The predicted octanol–water partition coefficient (Wildman–Crippen LogP) is 4.22. The Labute approximate surface area is 184 Å². The summed E-state index contributed by atoms with van der Waals surface area (Å²) in [5, 5.41) is 11.9. The number of hydrogen-bond donors (Lipinski definition) is 1. The summed E-state index contributed by atoms with van der Waals surface area (Å²) in [6.07, 6.45) is 2.18. The van der Waals surface area contributed by atoms with Crippen LogP contribution < -0.4 is 5.32 Å². The average molecular weight is 494 g/mol. The van der Waals surface area contributed by atoms with Crippen LogP contribution in [0, 0.1) is 0 Å². The molecule has 1 amide bonds. The minimum Gasteiger partial charge on any atom is -0.325 e. The van der Waals surface area contributed by atoms with Crippen LogP contribution in [0.5, 0.6) is 0 Å². The van der Waals surface area contributed by atoms with Crippen molar-refractivity contribution in [2.24, 2.45) is 0 Å². The molecule has 0 radical (unpaired) electrons. The zero-order valence-electron chi connectivity index (χ0n) is 15.3. The maximum Gasteiger partial charge on any atom is 0.237 e. The molecule has 1 heterocycles. The minimum absolute atomic E-state index is 0.216. The van der Waals surface area contributed by atoms with Gasteiger partial charge in [-0.1, -0.05) is 45.7 Å². The molecule has 29 heavy (non-hydrogen) atoms. The molecule has 0 fully saturated rings. The van der Waals surface area contributed by atoms with Crippen molar-refractivity contribution in [2.75, 3.05) is 11.1 Å². The van der Waals surface area contributed by atoms with Crippen molar-refractivity contribution in [2.45, 2.75) is 18.1 Å². The van der Waals surface area contributed by atoms with Gasteiger partial charge in [-0.05, 0) is 42.0 Å². The Hall–Kier alpha value is -2.29. The molecule has 3 rings (SSSR count). The molecule has 150 valence electrons. The van der Waals surface area contributed by atoms with Crippen molar-refractivity contribution in [3.05, 3.63) is 82.1 Å². The molecule has 2 aromatic carbocycles. The van der Waals surface area contributed by atoms with E-state index in [1.54, 1.807) is 34.9 Å². The molecule has 3 aromatic rings. The quantitative estimate of drug-likeness (QED) is 0.477. The Morgan fingerprint density at radius 2 is 1.86 bits per heavy atom. The van der Waals surface area contributed by atoms with Crippen LogP contribution in [-0.2, 0) is 28.6 Å². The number of benzene rings is 2. The third-order valence-electron chi connectivity index (χ3n) is 3.97. The molecule has 0 aliphatic rings. The van der Waals surface area contributed by atoms with Crippen LogP contribution in [0.2, 0.25) is 5.02 Å². The van der Waals surface area contributed by atoms with Crippen LogP contribution >= 0.6 is 27.5 Å². The molecule has 0 saturated heterocycles. The number of hydrogen-bond acceptors (Lipinski definition) is 4. The van der Waals surface area contributed by atoms with Gasteiger partial charge in [0.15, 0.2) is 0 Å². The molecule has 9 heteroatoms. The van der Waals surface area contributed by atoms with Crippen LogP contribution in [-0.4, -0.2) is 30.6 Å². The van der Waals surface area contributed by atoms with Gasteiger partial charge in [-0.3, -0.25) is 13.6 Å². The molecular formula is C20H18BrClN4O2S. The number of rotatable bonds is 8. The van der Waals surface area contributed by atoms with Gasteiger partial charge in [-0.25, -0.2) is 0 Å². The molecule has 0 bridgehead atoms. The van der Waals surface area contributed by atoms with Crippen molar-refractivity contribution in [1.29, 1.82) is 0 Å². The monoisotopic (exact) mass is 492 g/mol. The van der Waals surface area contributed by atoms with Gasteiger partial charge in [0.05, 0.1) is 0 Å². The van der Waals surface area contributed by atoms with Crippen molar-refractivity contribution in [3.63, 3.8) is 0 Å². The van der Waals surface area contributed by atoms with Gasteiger partial charge in [0.2, 0.25) is 11.1 Å². The summed E-state index contributed by atoms with van der Waals surface area (Å²) < 4.78 is 15.4. The molecule has 0 aliphatic heterocycles. The van der Waals surface area contributed by atoms with Gasteiger partial charge in [0.25, 0.3) is 0 Å². The molecule has 6 nitrogen and oxygen atoms in total. The van der Waals surface area contributed by atoms with E-state index in [4.69, 9.17) is 11.6 Å². The Morgan fingerprint density at radius 3 is 2.52 bits per heavy atom. The number of allylic oxidation sites excluding steroid dienone is 1. The summed E-state index contributed by atoms with van der Waals surface area (Å²) >= 11 is 9.27. The maximum absolute atomic E-state index is 12.8. The first-order valence-corrected chi connectivity index (χ1v) is 11.2. The summed E-state index contributed by atoms with van der Waals surface area (Å²) in [4.78, 5) is 12.3. The SMILES string of the molecule is C=CCn1c(Cc2ccc(Cl)cc2)nnc1S(=O)CC(=O)Nc1ccc(Br)cc1. The van der Waals surface area contributed by atoms with Gasteiger partial charge >= 0.3 is 0 Å². The second-order valence-electron chi connectivity index (χ2n) is 6.15. The van der Waals surface area contributed by atoms with Crippen molar-refractivity contribution in [3.8, 4) is 0 Å². The lowest BCUT2D eigenvalue weighted by Crippen LogP contribution is -2.21. The van der Waals surface area contributed by atoms with Gasteiger partial charge in [-0.15, -0.1) is 16.8 Å². The fourth-order valence-electron chi connectivity index (χ4n) is 2.63.